The highest BCUT2D eigenvalue weighted by Crippen LogP contribution is 2.27. The monoisotopic (exact) mass is 369 g/mol. The van der Waals surface area contributed by atoms with Gasteiger partial charge in [-0.2, -0.15) is 15.1 Å². The van der Waals surface area contributed by atoms with Crippen molar-refractivity contribution in [1.29, 1.82) is 0 Å². The molecule has 0 bridgehead atoms. The van der Waals surface area contributed by atoms with Crippen molar-refractivity contribution in [2.24, 2.45) is 7.05 Å². The van der Waals surface area contributed by atoms with Crippen LogP contribution in [0.4, 0.5) is 11.8 Å². The van der Waals surface area contributed by atoms with Gasteiger partial charge in [-0.1, -0.05) is 6.92 Å². The number of carbonyl (C=O) groups is 1. The predicted molar refractivity (Wildman–Crippen MR) is 101 cm³/mol. The number of nitrogens with two attached hydrogens (primary N) is 1. The van der Waals surface area contributed by atoms with Gasteiger partial charge in [0.15, 0.2) is 17.0 Å². The predicted octanol–water partition coefficient (Wildman–Crippen LogP) is 0.709. The summed E-state index contributed by atoms with van der Waals surface area (Å²) in [5.41, 5.74) is 8.64. The van der Waals surface area contributed by atoms with Gasteiger partial charge in [0.2, 0.25) is 5.95 Å². The van der Waals surface area contributed by atoms with Gasteiger partial charge < -0.3 is 20.9 Å². The van der Waals surface area contributed by atoms with Crippen LogP contribution in [0.1, 0.15) is 35.9 Å². The number of imidazole rings is 1. The molecule has 3 aromatic rings. The molecule has 0 aliphatic heterocycles. The lowest BCUT2D eigenvalue weighted by atomic mass is 10.3. The highest BCUT2D eigenvalue weighted by atomic mass is 16.1. The Kier molecular flexibility index (Phi) is 4.38. The molecule has 0 unspecified atom stereocenters. The average molecular weight is 369 g/mol. The van der Waals surface area contributed by atoms with Gasteiger partial charge >= 0.3 is 0 Å². The Bertz CT molecular complexity index is 986. The number of rotatable bonds is 7. The third-order valence-corrected chi connectivity index (χ3v) is 4.61. The standard InChI is InChI=1S/C17H23N9O/c1-3-11-8-12(24-25(11)2)16(27)19-6-7-26-9-20-13-14(21-10-4-5-10)22-17(18)23-15(13)26/h8-10H,3-7H2,1-2H3,(H,19,27)(H3,18,21,22,23). The van der Waals surface area contributed by atoms with E-state index in [9.17, 15) is 4.79 Å². The highest BCUT2D eigenvalue weighted by molar-refractivity contribution is 5.92. The number of aryl methyl sites for hydroxylation is 2. The molecule has 3 heterocycles. The Morgan fingerprint density at radius 3 is 2.89 bits per heavy atom. The van der Waals surface area contributed by atoms with E-state index < -0.39 is 0 Å². The van der Waals surface area contributed by atoms with Gasteiger partial charge in [-0.25, -0.2) is 4.98 Å². The molecule has 10 nitrogen and oxygen atoms in total. The normalized spacial score (nSPS) is 13.9. The first-order valence-electron chi connectivity index (χ1n) is 9.11. The van der Waals surface area contributed by atoms with Gasteiger partial charge in [-0.15, -0.1) is 0 Å². The smallest absolute Gasteiger partial charge is 0.271 e. The summed E-state index contributed by atoms with van der Waals surface area (Å²) in [6, 6.07) is 2.25. The molecule has 3 aromatic heterocycles. The molecule has 0 saturated heterocycles. The van der Waals surface area contributed by atoms with E-state index in [1.807, 2.05) is 24.6 Å². The molecule has 10 heteroatoms. The number of anilines is 2. The number of nitrogens with one attached hydrogen (secondary N) is 2. The third kappa shape index (κ3) is 3.55. The molecule has 0 atom stereocenters. The topological polar surface area (TPSA) is 129 Å². The van der Waals surface area contributed by atoms with E-state index in [4.69, 9.17) is 5.73 Å². The van der Waals surface area contributed by atoms with Crippen molar-refractivity contribution in [2.45, 2.75) is 38.8 Å². The molecular weight excluding hydrogens is 346 g/mol. The zero-order chi connectivity index (χ0) is 19.0. The molecule has 0 aromatic carbocycles. The summed E-state index contributed by atoms with van der Waals surface area (Å²) >= 11 is 0. The summed E-state index contributed by atoms with van der Waals surface area (Å²) in [6.07, 6.45) is 4.78. The number of hydrogen-bond acceptors (Lipinski definition) is 7. The number of amides is 1. The molecule has 0 spiro atoms. The molecule has 1 amide bonds. The lowest BCUT2D eigenvalue weighted by Crippen LogP contribution is -2.27. The summed E-state index contributed by atoms with van der Waals surface area (Å²) in [7, 11) is 1.84. The molecule has 0 radical (unpaired) electrons. The highest BCUT2D eigenvalue weighted by Gasteiger charge is 2.23. The van der Waals surface area contributed by atoms with E-state index in [0.717, 1.165) is 25.0 Å². The molecule has 142 valence electrons. The minimum Gasteiger partial charge on any atom is -0.368 e. The summed E-state index contributed by atoms with van der Waals surface area (Å²) in [4.78, 5) is 25.3. The molecule has 1 fully saturated rings. The first-order chi connectivity index (χ1) is 13.0. The molecule has 1 aliphatic carbocycles. The quantitative estimate of drug-likeness (QED) is 0.559. The van der Waals surface area contributed by atoms with Crippen molar-refractivity contribution in [2.75, 3.05) is 17.6 Å². The fourth-order valence-corrected chi connectivity index (χ4v) is 2.97. The average Bonchev–Trinajstić information content (AvgIpc) is 3.23. The van der Waals surface area contributed by atoms with Crippen molar-refractivity contribution in [3.8, 4) is 0 Å². The van der Waals surface area contributed by atoms with Crippen LogP contribution in [0.2, 0.25) is 0 Å². The van der Waals surface area contributed by atoms with Crippen LogP contribution in [0.5, 0.6) is 0 Å². The maximum atomic E-state index is 12.3. The number of fused-ring (bicyclic) bond motifs is 1. The van der Waals surface area contributed by atoms with Crippen LogP contribution in [0, 0.1) is 0 Å². The molecule has 4 N–H and O–H groups in total. The van der Waals surface area contributed by atoms with E-state index in [1.54, 1.807) is 11.0 Å². The number of nitrogen functional groups attached to an aromatic ring is 1. The molecule has 1 aliphatic rings. The van der Waals surface area contributed by atoms with E-state index in [1.165, 1.54) is 0 Å². The lowest BCUT2D eigenvalue weighted by Gasteiger charge is -2.07. The number of carbonyl (C=O) groups excluding carboxylic acids is 1. The molecule has 27 heavy (non-hydrogen) atoms. The van der Waals surface area contributed by atoms with Crippen LogP contribution in [0.3, 0.4) is 0 Å². The van der Waals surface area contributed by atoms with Gasteiger partial charge in [0, 0.05) is 31.9 Å². The number of hydrogen-bond donors (Lipinski definition) is 3. The summed E-state index contributed by atoms with van der Waals surface area (Å²) in [6.45, 7) is 2.98. The first kappa shape index (κ1) is 17.3. The minimum absolute atomic E-state index is 0.194. The van der Waals surface area contributed by atoms with Crippen molar-refractivity contribution in [3.63, 3.8) is 0 Å². The Morgan fingerprint density at radius 1 is 1.37 bits per heavy atom. The zero-order valence-electron chi connectivity index (χ0n) is 15.4. The lowest BCUT2D eigenvalue weighted by molar-refractivity contribution is 0.0946. The SMILES string of the molecule is CCc1cc(C(=O)NCCn2cnc3c(NC4CC4)nc(N)nc32)nn1C. The second-order valence-corrected chi connectivity index (χ2v) is 6.71. The molecular formula is C17H23N9O. The summed E-state index contributed by atoms with van der Waals surface area (Å²) in [5, 5.41) is 10.5. The van der Waals surface area contributed by atoms with Crippen LogP contribution in [-0.2, 0) is 20.0 Å². The second-order valence-electron chi connectivity index (χ2n) is 6.71. The van der Waals surface area contributed by atoms with Crippen LogP contribution in [0.15, 0.2) is 12.4 Å². The maximum absolute atomic E-state index is 12.3. The second kappa shape index (κ2) is 6.86. The van der Waals surface area contributed by atoms with E-state index in [2.05, 4.69) is 30.7 Å². The van der Waals surface area contributed by atoms with Crippen molar-refractivity contribution >= 4 is 28.8 Å². The van der Waals surface area contributed by atoms with E-state index in [-0.39, 0.29) is 11.9 Å². The fourth-order valence-electron chi connectivity index (χ4n) is 2.97. The molecule has 4 rings (SSSR count). The summed E-state index contributed by atoms with van der Waals surface area (Å²) < 4.78 is 3.59. The van der Waals surface area contributed by atoms with E-state index >= 15 is 0 Å². The van der Waals surface area contributed by atoms with Gasteiger partial charge in [0.05, 0.1) is 6.33 Å². The van der Waals surface area contributed by atoms with Gasteiger partial charge in [0.1, 0.15) is 5.69 Å². The Labute approximate surface area is 156 Å². The van der Waals surface area contributed by atoms with Crippen molar-refractivity contribution in [1.82, 2.24) is 34.6 Å². The van der Waals surface area contributed by atoms with Crippen LogP contribution in [-0.4, -0.2) is 47.8 Å². The maximum Gasteiger partial charge on any atom is 0.271 e. The largest absolute Gasteiger partial charge is 0.368 e. The van der Waals surface area contributed by atoms with Gasteiger partial charge in [-0.05, 0) is 25.3 Å². The Balaban J connectivity index is 1.44. The zero-order valence-corrected chi connectivity index (χ0v) is 15.4. The number of aromatic nitrogens is 6. The first-order valence-corrected chi connectivity index (χ1v) is 9.11. The van der Waals surface area contributed by atoms with Crippen LogP contribution >= 0.6 is 0 Å². The van der Waals surface area contributed by atoms with Gasteiger partial charge in [0.25, 0.3) is 5.91 Å². The molecule has 1 saturated carbocycles. The van der Waals surface area contributed by atoms with Crippen LogP contribution in [0.25, 0.3) is 11.2 Å². The minimum atomic E-state index is -0.194. The Hall–Kier alpha value is -3.17. The van der Waals surface area contributed by atoms with Gasteiger partial charge in [-0.3, -0.25) is 9.48 Å². The number of nitrogens with zero attached hydrogens (tertiary/aromatic N) is 6. The van der Waals surface area contributed by atoms with Crippen molar-refractivity contribution < 1.29 is 4.79 Å². The third-order valence-electron chi connectivity index (χ3n) is 4.61. The van der Waals surface area contributed by atoms with E-state index in [0.29, 0.717) is 41.8 Å². The Morgan fingerprint density at radius 2 is 2.19 bits per heavy atom. The summed E-state index contributed by atoms with van der Waals surface area (Å²) in [5.74, 6) is 0.681. The van der Waals surface area contributed by atoms with Crippen molar-refractivity contribution in [3.05, 3.63) is 23.8 Å². The fraction of sp³-hybridized carbons (Fsp3) is 0.471. The van der Waals surface area contributed by atoms with Crippen LogP contribution < -0.4 is 16.4 Å².